The fourth-order valence-electron chi connectivity index (χ4n) is 1.18. The predicted molar refractivity (Wildman–Crippen MR) is 51.7 cm³/mol. The molecule has 74 valence electrons. The third kappa shape index (κ3) is 4.68. The molecule has 0 saturated carbocycles. The maximum Gasteiger partial charge on any atom is 0.330 e. The zero-order valence-corrected chi connectivity index (χ0v) is 8.12. The van der Waals surface area contributed by atoms with Gasteiger partial charge in [-0.1, -0.05) is 6.08 Å². The van der Waals surface area contributed by atoms with Crippen molar-refractivity contribution in [2.75, 3.05) is 19.6 Å². The minimum atomic E-state index is -0.800. The summed E-state index contributed by atoms with van der Waals surface area (Å²) in [6.07, 6.45) is 4.99. The van der Waals surface area contributed by atoms with Gasteiger partial charge in [0.15, 0.2) is 0 Å². The Balaban J connectivity index is 1.98. The summed E-state index contributed by atoms with van der Waals surface area (Å²) in [5.74, 6) is -0.800. The van der Waals surface area contributed by atoms with Gasteiger partial charge in [0.05, 0.1) is 0 Å². The van der Waals surface area contributed by atoms with Crippen LogP contribution < -0.4 is 0 Å². The summed E-state index contributed by atoms with van der Waals surface area (Å²) in [5, 5.41) is 8.56. The minimum absolute atomic E-state index is 0.465. The van der Waals surface area contributed by atoms with Gasteiger partial charge >= 0.3 is 5.97 Å². The summed E-state index contributed by atoms with van der Waals surface area (Å²) in [4.78, 5) is 12.8. The third-order valence-electron chi connectivity index (χ3n) is 2.26. The quantitative estimate of drug-likeness (QED) is 0.385. The van der Waals surface area contributed by atoms with Crippen LogP contribution in [0.4, 0.5) is 0 Å². The molecule has 3 heteroatoms. The van der Waals surface area contributed by atoms with E-state index in [1.165, 1.54) is 26.1 Å². The first-order valence-electron chi connectivity index (χ1n) is 4.82. The minimum Gasteiger partial charge on any atom is -0.478 e. The maximum atomic E-state index is 10.4. The van der Waals surface area contributed by atoms with Crippen LogP contribution >= 0.6 is 0 Å². The highest BCUT2D eigenvalue weighted by Crippen LogP contribution is 2.07. The van der Waals surface area contributed by atoms with Crippen molar-refractivity contribution in [3.63, 3.8) is 0 Å². The number of rotatable bonds is 6. The number of nitrogens with zero attached hydrogens (tertiary/aromatic N) is 1. The van der Waals surface area contributed by atoms with Gasteiger partial charge in [0.1, 0.15) is 0 Å². The van der Waals surface area contributed by atoms with Gasteiger partial charge in [-0.25, -0.2) is 4.79 Å². The van der Waals surface area contributed by atoms with E-state index in [1.807, 2.05) is 6.08 Å². The number of hydrogen-bond donors (Lipinski definition) is 1. The van der Waals surface area contributed by atoms with Crippen molar-refractivity contribution in [1.82, 2.24) is 4.90 Å². The average Bonchev–Trinajstić information content (AvgIpc) is 2.87. The van der Waals surface area contributed by atoms with E-state index in [4.69, 9.17) is 5.11 Å². The maximum absolute atomic E-state index is 10.4. The summed E-state index contributed by atoms with van der Waals surface area (Å²) >= 11 is 0. The Labute approximate surface area is 79.0 Å². The molecule has 1 aliphatic rings. The van der Waals surface area contributed by atoms with E-state index in [0.29, 0.717) is 5.57 Å². The first-order chi connectivity index (χ1) is 6.20. The fourth-order valence-corrected chi connectivity index (χ4v) is 1.18. The molecule has 0 atom stereocenters. The Morgan fingerprint density at radius 2 is 2.15 bits per heavy atom. The lowest BCUT2D eigenvalue weighted by molar-refractivity contribution is -0.132. The van der Waals surface area contributed by atoms with Crippen molar-refractivity contribution < 1.29 is 9.90 Å². The van der Waals surface area contributed by atoms with Crippen molar-refractivity contribution in [2.24, 2.45) is 0 Å². The molecule has 0 aromatic carbocycles. The molecule has 3 nitrogen and oxygen atoms in total. The van der Waals surface area contributed by atoms with Crippen LogP contribution in [0.15, 0.2) is 11.6 Å². The second-order valence-corrected chi connectivity index (χ2v) is 3.53. The second kappa shape index (κ2) is 5.02. The summed E-state index contributed by atoms with van der Waals surface area (Å²) < 4.78 is 0. The summed E-state index contributed by atoms with van der Waals surface area (Å²) in [7, 11) is 0. The van der Waals surface area contributed by atoms with E-state index < -0.39 is 5.97 Å². The van der Waals surface area contributed by atoms with Crippen LogP contribution in [0.2, 0.25) is 0 Å². The second-order valence-electron chi connectivity index (χ2n) is 3.53. The Bertz CT molecular complexity index is 207. The van der Waals surface area contributed by atoms with Crippen LogP contribution in [0.25, 0.3) is 0 Å². The van der Waals surface area contributed by atoms with Crippen molar-refractivity contribution in [1.29, 1.82) is 0 Å². The molecule has 0 aliphatic carbocycles. The summed E-state index contributed by atoms with van der Waals surface area (Å²) in [5.41, 5.74) is 0.465. The van der Waals surface area contributed by atoms with Crippen LogP contribution in [0.1, 0.15) is 26.2 Å². The zero-order chi connectivity index (χ0) is 9.68. The Morgan fingerprint density at radius 1 is 1.46 bits per heavy atom. The van der Waals surface area contributed by atoms with E-state index >= 15 is 0 Å². The molecule has 1 aliphatic heterocycles. The van der Waals surface area contributed by atoms with E-state index in [-0.39, 0.29) is 0 Å². The average molecular weight is 183 g/mol. The SMILES string of the molecule is CC(=CCCCCN1CC1)C(=O)O. The Morgan fingerprint density at radius 3 is 2.69 bits per heavy atom. The van der Waals surface area contributed by atoms with Crippen molar-refractivity contribution in [3.8, 4) is 0 Å². The molecule has 0 bridgehead atoms. The number of allylic oxidation sites excluding steroid dienone is 1. The van der Waals surface area contributed by atoms with Gasteiger partial charge in [-0.3, -0.25) is 0 Å². The molecule has 0 aromatic heterocycles. The van der Waals surface area contributed by atoms with Crippen molar-refractivity contribution >= 4 is 5.97 Å². The monoisotopic (exact) mass is 183 g/mol. The number of hydrogen-bond acceptors (Lipinski definition) is 2. The Hall–Kier alpha value is -0.830. The molecule has 1 rings (SSSR count). The van der Waals surface area contributed by atoms with Crippen molar-refractivity contribution in [2.45, 2.75) is 26.2 Å². The van der Waals surface area contributed by atoms with Gasteiger partial charge in [-0.2, -0.15) is 0 Å². The van der Waals surface area contributed by atoms with Gasteiger partial charge < -0.3 is 10.0 Å². The van der Waals surface area contributed by atoms with E-state index in [1.54, 1.807) is 6.92 Å². The van der Waals surface area contributed by atoms with Gasteiger partial charge in [-0.05, 0) is 32.7 Å². The molecule has 1 fully saturated rings. The zero-order valence-electron chi connectivity index (χ0n) is 8.12. The largest absolute Gasteiger partial charge is 0.478 e. The first-order valence-corrected chi connectivity index (χ1v) is 4.82. The van der Waals surface area contributed by atoms with Crippen LogP contribution in [0, 0.1) is 0 Å². The molecule has 13 heavy (non-hydrogen) atoms. The third-order valence-corrected chi connectivity index (χ3v) is 2.26. The number of unbranched alkanes of at least 4 members (excludes halogenated alkanes) is 2. The molecular weight excluding hydrogens is 166 g/mol. The van der Waals surface area contributed by atoms with Gasteiger partial charge in [0.2, 0.25) is 0 Å². The van der Waals surface area contributed by atoms with E-state index in [9.17, 15) is 4.79 Å². The van der Waals surface area contributed by atoms with E-state index in [0.717, 1.165) is 12.8 Å². The van der Waals surface area contributed by atoms with E-state index in [2.05, 4.69) is 4.90 Å². The molecule has 0 spiro atoms. The highest BCUT2D eigenvalue weighted by Gasteiger charge is 2.14. The van der Waals surface area contributed by atoms with Gasteiger partial charge in [-0.15, -0.1) is 0 Å². The van der Waals surface area contributed by atoms with Crippen LogP contribution in [0.3, 0.4) is 0 Å². The van der Waals surface area contributed by atoms with Crippen LogP contribution in [0.5, 0.6) is 0 Å². The lowest BCUT2D eigenvalue weighted by atomic mass is 10.2. The fraction of sp³-hybridized carbons (Fsp3) is 0.700. The number of aliphatic carboxylic acids is 1. The van der Waals surface area contributed by atoms with Crippen LogP contribution in [-0.4, -0.2) is 35.6 Å². The van der Waals surface area contributed by atoms with Gasteiger partial charge in [0, 0.05) is 18.7 Å². The normalized spacial score (nSPS) is 17.5. The van der Waals surface area contributed by atoms with Crippen LogP contribution in [-0.2, 0) is 4.79 Å². The topological polar surface area (TPSA) is 40.3 Å². The van der Waals surface area contributed by atoms with Crippen molar-refractivity contribution in [3.05, 3.63) is 11.6 Å². The summed E-state index contributed by atoms with van der Waals surface area (Å²) in [6.45, 7) is 5.33. The molecule has 0 amide bonds. The number of carboxylic acid groups (broad SMARTS) is 1. The lowest BCUT2D eigenvalue weighted by Crippen LogP contribution is -1.99. The molecule has 1 N–H and O–H groups in total. The van der Waals surface area contributed by atoms with Gasteiger partial charge in [0.25, 0.3) is 0 Å². The summed E-state index contributed by atoms with van der Waals surface area (Å²) in [6, 6.07) is 0. The predicted octanol–water partition coefficient (Wildman–Crippen LogP) is 1.50. The first kappa shape index (κ1) is 10.3. The molecule has 0 radical (unpaired) electrons. The molecule has 0 aromatic rings. The highest BCUT2D eigenvalue weighted by molar-refractivity contribution is 5.85. The number of carbonyl (C=O) groups is 1. The molecular formula is C10H17NO2. The molecule has 0 unspecified atom stereocenters. The highest BCUT2D eigenvalue weighted by atomic mass is 16.4. The number of carboxylic acids is 1. The molecule has 1 saturated heterocycles. The Kier molecular flexibility index (Phi) is 3.96. The smallest absolute Gasteiger partial charge is 0.330 e. The standard InChI is InChI=1S/C10H17NO2/c1-9(10(12)13)5-3-2-4-6-11-7-8-11/h5H,2-4,6-8H2,1H3,(H,12,13). The molecule has 1 heterocycles. The lowest BCUT2D eigenvalue weighted by Gasteiger charge is -1.98.